The summed E-state index contributed by atoms with van der Waals surface area (Å²) in [6.45, 7) is 0.669. The molecule has 152 valence electrons. The molecule has 3 aromatic rings. The first kappa shape index (κ1) is 19.6. The number of anilines is 1. The molecule has 3 N–H and O–H groups in total. The number of benzene rings is 3. The summed E-state index contributed by atoms with van der Waals surface area (Å²) in [6.07, 6.45) is 3.31. The van der Waals surface area contributed by atoms with E-state index >= 15 is 0 Å². The van der Waals surface area contributed by atoms with E-state index in [4.69, 9.17) is 15.2 Å². The molecule has 1 aliphatic carbocycles. The smallest absolute Gasteiger partial charge is 0.407 e. The van der Waals surface area contributed by atoms with E-state index in [1.54, 1.807) is 13.2 Å². The van der Waals surface area contributed by atoms with Crippen molar-refractivity contribution in [3.8, 4) is 16.9 Å². The van der Waals surface area contributed by atoms with Crippen LogP contribution < -0.4 is 15.8 Å². The van der Waals surface area contributed by atoms with E-state index < -0.39 is 6.09 Å². The lowest BCUT2D eigenvalue weighted by Crippen LogP contribution is -2.26. The van der Waals surface area contributed by atoms with Crippen LogP contribution in [0.3, 0.4) is 0 Å². The van der Waals surface area contributed by atoms with Gasteiger partial charge in [-0.1, -0.05) is 66.7 Å². The number of amides is 1. The Bertz CT molecular complexity index is 1050. The van der Waals surface area contributed by atoms with Crippen LogP contribution in [0.1, 0.15) is 22.6 Å². The van der Waals surface area contributed by atoms with Crippen molar-refractivity contribution in [3.05, 3.63) is 89.5 Å². The number of ether oxygens (including phenoxy) is 2. The molecule has 1 aliphatic rings. The Hall–Kier alpha value is -3.73. The minimum atomic E-state index is -0.434. The third-order valence-electron chi connectivity index (χ3n) is 5.28. The Morgan fingerprint density at radius 1 is 1.03 bits per heavy atom. The number of nitrogens with two attached hydrogens (primary N) is 1. The zero-order chi connectivity index (χ0) is 20.9. The molecule has 0 atom stereocenters. The zero-order valence-corrected chi connectivity index (χ0v) is 16.8. The number of nitrogen functional groups attached to an aromatic ring is 1. The van der Waals surface area contributed by atoms with Gasteiger partial charge in [-0.15, -0.1) is 0 Å². The van der Waals surface area contributed by atoms with Crippen LogP contribution in [-0.2, 0) is 4.74 Å². The molecule has 5 nitrogen and oxygen atoms in total. The topological polar surface area (TPSA) is 73.6 Å². The van der Waals surface area contributed by atoms with Crippen molar-refractivity contribution in [1.29, 1.82) is 0 Å². The summed E-state index contributed by atoms with van der Waals surface area (Å²) in [5.41, 5.74) is 12.2. The summed E-state index contributed by atoms with van der Waals surface area (Å²) < 4.78 is 10.7. The number of hydrogen-bond acceptors (Lipinski definition) is 4. The number of methoxy groups -OCH3 is 1. The number of carbonyl (C=O) groups excluding carboxylic acids is 1. The fourth-order valence-electron chi connectivity index (χ4n) is 3.82. The summed E-state index contributed by atoms with van der Waals surface area (Å²) in [7, 11) is 1.58. The summed E-state index contributed by atoms with van der Waals surface area (Å²) in [5.74, 6) is 0.683. The molecule has 3 aromatic carbocycles. The first-order valence-corrected chi connectivity index (χ1v) is 9.86. The normalized spacial score (nSPS) is 12.4. The fraction of sp³-hybridized carbons (Fsp3) is 0.160. The maximum absolute atomic E-state index is 12.2. The van der Waals surface area contributed by atoms with Crippen LogP contribution in [-0.4, -0.2) is 26.4 Å². The maximum atomic E-state index is 12.2. The molecule has 0 unspecified atom stereocenters. The molecule has 30 heavy (non-hydrogen) atoms. The van der Waals surface area contributed by atoms with Gasteiger partial charge in [0.25, 0.3) is 0 Å². The van der Waals surface area contributed by atoms with Crippen LogP contribution in [0.2, 0.25) is 0 Å². The fourth-order valence-corrected chi connectivity index (χ4v) is 3.82. The van der Waals surface area contributed by atoms with Gasteiger partial charge in [0.1, 0.15) is 12.4 Å². The number of alkyl carbamates (subject to hydrolysis) is 1. The van der Waals surface area contributed by atoms with Crippen molar-refractivity contribution < 1.29 is 14.3 Å². The van der Waals surface area contributed by atoms with Gasteiger partial charge in [-0.2, -0.15) is 0 Å². The minimum Gasteiger partial charge on any atom is -0.495 e. The second kappa shape index (κ2) is 8.74. The standard InChI is InChI=1S/C25H24N2O3/c1-29-24-15-17(12-13-23(24)26)7-6-14-27-25(28)30-16-22-20-10-4-2-8-18(20)19-9-3-5-11-21(19)22/h2-13,15,22H,14,16,26H2,1H3,(H,27,28). The van der Waals surface area contributed by atoms with E-state index in [9.17, 15) is 4.79 Å². The molecule has 0 saturated carbocycles. The van der Waals surface area contributed by atoms with Crippen LogP contribution >= 0.6 is 0 Å². The van der Waals surface area contributed by atoms with E-state index in [2.05, 4.69) is 29.6 Å². The zero-order valence-electron chi connectivity index (χ0n) is 16.8. The molecule has 0 saturated heterocycles. The Kier molecular flexibility index (Phi) is 5.70. The predicted octanol–water partition coefficient (Wildman–Crippen LogP) is 4.83. The highest BCUT2D eigenvalue weighted by molar-refractivity contribution is 5.79. The molecule has 0 fully saturated rings. The van der Waals surface area contributed by atoms with Crippen molar-refractivity contribution in [3.63, 3.8) is 0 Å². The van der Waals surface area contributed by atoms with Crippen molar-refractivity contribution in [1.82, 2.24) is 5.32 Å². The van der Waals surface area contributed by atoms with Crippen LogP contribution in [0, 0.1) is 0 Å². The van der Waals surface area contributed by atoms with Crippen LogP contribution in [0.4, 0.5) is 10.5 Å². The number of fused-ring (bicyclic) bond motifs is 3. The SMILES string of the molecule is COc1cc(C=CCNC(=O)OCC2c3ccccc3-c3ccccc32)ccc1N. The molecule has 0 aliphatic heterocycles. The molecular weight excluding hydrogens is 376 g/mol. The highest BCUT2D eigenvalue weighted by Crippen LogP contribution is 2.44. The molecule has 1 amide bonds. The number of nitrogens with one attached hydrogen (secondary N) is 1. The van der Waals surface area contributed by atoms with Gasteiger partial charge in [-0.05, 0) is 39.9 Å². The largest absolute Gasteiger partial charge is 0.495 e. The maximum Gasteiger partial charge on any atom is 0.407 e. The second-order valence-electron chi connectivity index (χ2n) is 7.11. The van der Waals surface area contributed by atoms with Gasteiger partial charge < -0.3 is 20.5 Å². The molecule has 0 bridgehead atoms. The number of hydrogen-bond donors (Lipinski definition) is 2. The minimum absolute atomic E-state index is 0.0564. The lowest BCUT2D eigenvalue weighted by Gasteiger charge is -2.14. The first-order valence-electron chi connectivity index (χ1n) is 9.86. The van der Waals surface area contributed by atoms with Crippen LogP contribution in [0.5, 0.6) is 5.75 Å². The van der Waals surface area contributed by atoms with Crippen molar-refractivity contribution in [2.24, 2.45) is 0 Å². The average molecular weight is 400 g/mol. The Morgan fingerprint density at radius 2 is 1.70 bits per heavy atom. The van der Waals surface area contributed by atoms with Gasteiger partial charge in [-0.3, -0.25) is 0 Å². The number of rotatable bonds is 6. The Labute approximate surface area is 176 Å². The van der Waals surface area contributed by atoms with Crippen molar-refractivity contribution in [2.75, 3.05) is 26.0 Å². The lowest BCUT2D eigenvalue weighted by atomic mass is 9.98. The molecule has 0 radical (unpaired) electrons. The average Bonchev–Trinajstić information content (AvgIpc) is 3.10. The predicted molar refractivity (Wildman–Crippen MR) is 120 cm³/mol. The number of carbonyl (C=O) groups is 1. The third kappa shape index (κ3) is 4.01. The summed E-state index contributed by atoms with van der Waals surface area (Å²) in [4.78, 5) is 12.2. The van der Waals surface area contributed by atoms with E-state index in [-0.39, 0.29) is 5.92 Å². The van der Waals surface area contributed by atoms with Gasteiger partial charge in [0, 0.05) is 12.5 Å². The van der Waals surface area contributed by atoms with E-state index in [1.807, 2.05) is 48.6 Å². The quantitative estimate of drug-likeness (QED) is 0.581. The van der Waals surface area contributed by atoms with E-state index in [1.165, 1.54) is 22.3 Å². The van der Waals surface area contributed by atoms with E-state index in [0.717, 1.165) is 5.56 Å². The van der Waals surface area contributed by atoms with Crippen molar-refractivity contribution >= 4 is 17.9 Å². The highest BCUT2D eigenvalue weighted by Gasteiger charge is 2.28. The molecule has 0 spiro atoms. The van der Waals surface area contributed by atoms with Gasteiger partial charge in [0.15, 0.2) is 0 Å². The Balaban J connectivity index is 1.32. The van der Waals surface area contributed by atoms with Gasteiger partial charge >= 0.3 is 6.09 Å². The molecular formula is C25H24N2O3. The van der Waals surface area contributed by atoms with Gasteiger partial charge in [0.05, 0.1) is 12.8 Å². The van der Waals surface area contributed by atoms with Crippen LogP contribution in [0.15, 0.2) is 72.8 Å². The van der Waals surface area contributed by atoms with Gasteiger partial charge in [0.2, 0.25) is 0 Å². The van der Waals surface area contributed by atoms with Gasteiger partial charge in [-0.25, -0.2) is 4.79 Å². The first-order chi connectivity index (χ1) is 14.7. The third-order valence-corrected chi connectivity index (χ3v) is 5.28. The van der Waals surface area contributed by atoms with Crippen molar-refractivity contribution in [2.45, 2.75) is 5.92 Å². The van der Waals surface area contributed by atoms with E-state index in [0.29, 0.717) is 24.6 Å². The highest BCUT2D eigenvalue weighted by atomic mass is 16.5. The summed E-state index contributed by atoms with van der Waals surface area (Å²) >= 11 is 0. The molecule has 4 rings (SSSR count). The molecule has 5 heteroatoms. The molecule has 0 aromatic heterocycles. The van der Waals surface area contributed by atoms with Crippen LogP contribution in [0.25, 0.3) is 17.2 Å². The Morgan fingerprint density at radius 3 is 2.37 bits per heavy atom. The molecule has 0 heterocycles. The summed E-state index contributed by atoms with van der Waals surface area (Å²) in [5, 5.41) is 2.76. The summed E-state index contributed by atoms with van der Waals surface area (Å²) in [6, 6.07) is 22.1. The second-order valence-corrected chi connectivity index (χ2v) is 7.11. The lowest BCUT2D eigenvalue weighted by molar-refractivity contribution is 0.144. The monoisotopic (exact) mass is 400 g/mol.